The number of amides is 1. The number of methoxy groups -OCH3 is 1. The van der Waals surface area contributed by atoms with E-state index in [1.165, 1.54) is 30.6 Å². The van der Waals surface area contributed by atoms with Gasteiger partial charge in [0, 0.05) is 38.1 Å². The van der Waals surface area contributed by atoms with Gasteiger partial charge >= 0.3 is 0 Å². The van der Waals surface area contributed by atoms with Crippen LogP contribution in [-0.4, -0.2) is 57.5 Å². The summed E-state index contributed by atoms with van der Waals surface area (Å²) in [6.45, 7) is 2.52. The minimum Gasteiger partial charge on any atom is -0.497 e. The third-order valence-electron chi connectivity index (χ3n) is 5.30. The minimum absolute atomic E-state index is 0.145. The van der Waals surface area contributed by atoms with Gasteiger partial charge in [0.25, 0.3) is 15.9 Å². The predicted octanol–water partition coefficient (Wildman–Crippen LogP) is 2.85. The SMILES string of the molecule is COc1ccc(N2CCN(C(=O)c3cncc(NS(=O)(=O)c4ccccc4)c3)CC2)cc1. The summed E-state index contributed by atoms with van der Waals surface area (Å²) in [6.07, 6.45) is 2.84. The number of sulfonamides is 1. The number of pyridine rings is 1. The molecule has 1 amide bonds. The van der Waals surface area contributed by atoms with Crippen molar-refractivity contribution in [2.24, 2.45) is 0 Å². The lowest BCUT2D eigenvalue weighted by atomic mass is 10.2. The molecule has 1 aliphatic heterocycles. The fourth-order valence-electron chi connectivity index (χ4n) is 3.57. The Balaban J connectivity index is 1.41. The van der Waals surface area contributed by atoms with Gasteiger partial charge in [-0.25, -0.2) is 8.42 Å². The van der Waals surface area contributed by atoms with E-state index in [0.29, 0.717) is 31.7 Å². The fraction of sp³-hybridized carbons (Fsp3) is 0.217. The van der Waals surface area contributed by atoms with Crippen LogP contribution in [0.25, 0.3) is 0 Å². The fourth-order valence-corrected chi connectivity index (χ4v) is 4.63. The standard InChI is InChI=1S/C23H24N4O4S/c1-31-21-9-7-20(8-10-21)26-11-13-27(14-12-26)23(28)18-15-19(17-24-16-18)25-32(29,30)22-5-3-2-4-6-22/h2-10,15-17,25H,11-14H2,1H3. The van der Waals surface area contributed by atoms with Crippen molar-refractivity contribution in [2.75, 3.05) is 42.9 Å². The number of carbonyl (C=O) groups is 1. The summed E-state index contributed by atoms with van der Waals surface area (Å²) < 4.78 is 32.8. The molecule has 0 unspecified atom stereocenters. The molecule has 0 aliphatic carbocycles. The molecule has 0 atom stereocenters. The predicted molar refractivity (Wildman–Crippen MR) is 123 cm³/mol. The van der Waals surface area contributed by atoms with Gasteiger partial charge in [0.05, 0.1) is 29.5 Å². The van der Waals surface area contributed by atoms with Crippen molar-refractivity contribution in [3.63, 3.8) is 0 Å². The molecule has 1 fully saturated rings. The van der Waals surface area contributed by atoms with Crippen molar-refractivity contribution in [1.82, 2.24) is 9.88 Å². The number of nitrogens with one attached hydrogen (secondary N) is 1. The van der Waals surface area contributed by atoms with Gasteiger partial charge in [0.1, 0.15) is 5.75 Å². The molecule has 4 rings (SSSR count). The van der Waals surface area contributed by atoms with Crippen LogP contribution < -0.4 is 14.4 Å². The molecule has 32 heavy (non-hydrogen) atoms. The Bertz CT molecular complexity index is 1180. The van der Waals surface area contributed by atoms with E-state index in [4.69, 9.17) is 4.74 Å². The Morgan fingerprint density at radius 2 is 1.66 bits per heavy atom. The molecular formula is C23H24N4O4S. The smallest absolute Gasteiger partial charge is 0.261 e. The lowest BCUT2D eigenvalue weighted by molar-refractivity contribution is 0.0746. The number of rotatable bonds is 6. The zero-order valence-corrected chi connectivity index (χ0v) is 18.5. The molecule has 166 valence electrons. The zero-order valence-electron chi connectivity index (χ0n) is 17.6. The average Bonchev–Trinajstić information content (AvgIpc) is 2.84. The molecule has 0 radical (unpaired) electrons. The topological polar surface area (TPSA) is 91.8 Å². The molecular weight excluding hydrogens is 428 g/mol. The van der Waals surface area contributed by atoms with Crippen LogP contribution in [0.4, 0.5) is 11.4 Å². The maximum atomic E-state index is 13.0. The Morgan fingerprint density at radius 3 is 2.31 bits per heavy atom. The van der Waals surface area contributed by atoms with E-state index in [-0.39, 0.29) is 16.5 Å². The van der Waals surface area contributed by atoms with Gasteiger partial charge in [-0.1, -0.05) is 18.2 Å². The Hall–Kier alpha value is -3.59. The highest BCUT2D eigenvalue weighted by Gasteiger charge is 2.23. The first-order chi connectivity index (χ1) is 15.5. The molecule has 9 heteroatoms. The van der Waals surface area contributed by atoms with Crippen LogP contribution in [0, 0.1) is 0 Å². The first-order valence-corrected chi connectivity index (χ1v) is 11.7. The molecule has 1 aliphatic rings. The van der Waals surface area contributed by atoms with Crippen LogP contribution in [0.15, 0.2) is 78.0 Å². The van der Waals surface area contributed by atoms with Gasteiger partial charge in [-0.05, 0) is 42.5 Å². The second-order valence-corrected chi connectivity index (χ2v) is 9.04. The van der Waals surface area contributed by atoms with Gasteiger partial charge in [-0.2, -0.15) is 0 Å². The normalized spacial score (nSPS) is 14.2. The number of carbonyl (C=O) groups excluding carboxylic acids is 1. The summed E-state index contributed by atoms with van der Waals surface area (Å²) in [4.78, 5) is 21.2. The molecule has 1 aromatic heterocycles. The molecule has 1 saturated heterocycles. The second-order valence-electron chi connectivity index (χ2n) is 7.36. The molecule has 0 spiro atoms. The number of hydrogen-bond donors (Lipinski definition) is 1. The maximum absolute atomic E-state index is 13.0. The molecule has 8 nitrogen and oxygen atoms in total. The second kappa shape index (κ2) is 9.27. The highest BCUT2D eigenvalue weighted by molar-refractivity contribution is 7.92. The first-order valence-electron chi connectivity index (χ1n) is 10.2. The molecule has 0 bridgehead atoms. The number of benzene rings is 2. The number of nitrogens with zero attached hydrogens (tertiary/aromatic N) is 3. The molecule has 3 aromatic rings. The zero-order chi connectivity index (χ0) is 22.6. The lowest BCUT2D eigenvalue weighted by Gasteiger charge is -2.36. The van der Waals surface area contributed by atoms with Gasteiger partial charge in [0.15, 0.2) is 0 Å². The number of hydrogen-bond acceptors (Lipinski definition) is 6. The van der Waals surface area contributed by atoms with Crippen molar-refractivity contribution in [2.45, 2.75) is 4.90 Å². The van der Waals surface area contributed by atoms with Gasteiger partial charge in [-0.15, -0.1) is 0 Å². The minimum atomic E-state index is -3.75. The first kappa shape index (κ1) is 21.6. The highest BCUT2D eigenvalue weighted by atomic mass is 32.2. The van der Waals surface area contributed by atoms with Crippen LogP contribution >= 0.6 is 0 Å². The third kappa shape index (κ3) is 4.83. The summed E-state index contributed by atoms with van der Waals surface area (Å²) in [7, 11) is -2.12. The maximum Gasteiger partial charge on any atom is 0.261 e. The van der Waals surface area contributed by atoms with Crippen molar-refractivity contribution < 1.29 is 17.9 Å². The van der Waals surface area contributed by atoms with Crippen LogP contribution in [0.5, 0.6) is 5.75 Å². The van der Waals surface area contributed by atoms with Crippen molar-refractivity contribution in [3.05, 3.63) is 78.6 Å². The molecule has 2 aromatic carbocycles. The molecule has 2 heterocycles. The number of aromatic nitrogens is 1. The molecule has 0 saturated carbocycles. The largest absolute Gasteiger partial charge is 0.497 e. The van der Waals surface area contributed by atoms with Crippen molar-refractivity contribution in [3.8, 4) is 5.75 Å². The van der Waals surface area contributed by atoms with Crippen LogP contribution in [-0.2, 0) is 10.0 Å². The quantitative estimate of drug-likeness (QED) is 0.618. The van der Waals surface area contributed by atoms with E-state index < -0.39 is 10.0 Å². The van der Waals surface area contributed by atoms with Gasteiger partial charge in [0.2, 0.25) is 0 Å². The monoisotopic (exact) mass is 452 g/mol. The molecule has 1 N–H and O–H groups in total. The Kier molecular flexibility index (Phi) is 6.27. The van der Waals surface area contributed by atoms with E-state index >= 15 is 0 Å². The Labute approximate surface area is 187 Å². The van der Waals surface area contributed by atoms with E-state index in [2.05, 4.69) is 14.6 Å². The highest BCUT2D eigenvalue weighted by Crippen LogP contribution is 2.22. The van der Waals surface area contributed by atoms with E-state index in [9.17, 15) is 13.2 Å². The lowest BCUT2D eigenvalue weighted by Crippen LogP contribution is -2.48. The van der Waals surface area contributed by atoms with Crippen molar-refractivity contribution in [1.29, 1.82) is 0 Å². The van der Waals surface area contributed by atoms with Crippen LogP contribution in [0.2, 0.25) is 0 Å². The number of piperazine rings is 1. The summed E-state index contributed by atoms with van der Waals surface area (Å²) in [5, 5.41) is 0. The van der Waals surface area contributed by atoms with Gasteiger partial charge < -0.3 is 14.5 Å². The van der Waals surface area contributed by atoms with Gasteiger partial charge in [-0.3, -0.25) is 14.5 Å². The summed E-state index contributed by atoms with van der Waals surface area (Å²) >= 11 is 0. The van der Waals surface area contributed by atoms with Crippen LogP contribution in [0.1, 0.15) is 10.4 Å². The summed E-state index contributed by atoms with van der Waals surface area (Å²) in [5.41, 5.74) is 1.67. The summed E-state index contributed by atoms with van der Waals surface area (Å²) in [5.74, 6) is 0.630. The van der Waals surface area contributed by atoms with E-state index in [0.717, 1.165) is 11.4 Å². The Morgan fingerprint density at radius 1 is 0.969 bits per heavy atom. The van der Waals surface area contributed by atoms with Crippen LogP contribution in [0.3, 0.4) is 0 Å². The van der Waals surface area contributed by atoms with E-state index in [1.807, 2.05) is 24.3 Å². The number of ether oxygens (including phenoxy) is 1. The number of anilines is 2. The summed E-state index contributed by atoms with van der Waals surface area (Å²) in [6, 6.07) is 17.4. The average molecular weight is 453 g/mol. The van der Waals surface area contributed by atoms with E-state index in [1.54, 1.807) is 30.2 Å². The third-order valence-corrected chi connectivity index (χ3v) is 6.69. The van der Waals surface area contributed by atoms with Crippen molar-refractivity contribution >= 4 is 27.3 Å².